The van der Waals surface area contributed by atoms with Gasteiger partial charge in [0.15, 0.2) is 0 Å². The molecule has 0 saturated heterocycles. The molecule has 16 heavy (non-hydrogen) atoms. The molecule has 0 aliphatic carbocycles. The predicted octanol–water partition coefficient (Wildman–Crippen LogP) is 0.215. The van der Waals surface area contributed by atoms with E-state index in [1.54, 1.807) is 7.11 Å². The minimum Gasteiger partial charge on any atom is -0.383 e. The molecular formula is C10H17N3O2S. The molecule has 1 heterocycles. The third-order valence-electron chi connectivity index (χ3n) is 2.06. The lowest BCUT2D eigenvalue weighted by Crippen LogP contribution is -2.28. The van der Waals surface area contributed by atoms with E-state index in [2.05, 4.69) is 10.3 Å². The fourth-order valence-corrected chi connectivity index (χ4v) is 2.19. The number of rotatable bonds is 6. The highest BCUT2D eigenvalue weighted by Crippen LogP contribution is 2.17. The average Bonchev–Trinajstić information content (AvgIpc) is 2.60. The third kappa shape index (κ3) is 3.88. The van der Waals surface area contributed by atoms with Crippen LogP contribution in [0.2, 0.25) is 0 Å². The van der Waals surface area contributed by atoms with Crippen molar-refractivity contribution in [2.24, 2.45) is 5.73 Å². The molecule has 3 N–H and O–H groups in total. The van der Waals surface area contributed by atoms with Crippen molar-refractivity contribution in [2.75, 3.05) is 20.3 Å². The second kappa shape index (κ2) is 6.57. The van der Waals surface area contributed by atoms with Crippen LogP contribution in [0.4, 0.5) is 0 Å². The molecule has 0 aromatic carbocycles. The van der Waals surface area contributed by atoms with Crippen LogP contribution >= 0.6 is 11.3 Å². The molecule has 1 aromatic heterocycles. The summed E-state index contributed by atoms with van der Waals surface area (Å²) in [7, 11) is 1.60. The fraction of sp³-hybridized carbons (Fsp3) is 0.600. The van der Waals surface area contributed by atoms with E-state index in [4.69, 9.17) is 10.5 Å². The number of ether oxygens (including phenoxy) is 1. The van der Waals surface area contributed by atoms with Crippen molar-refractivity contribution < 1.29 is 9.53 Å². The second-order valence-corrected chi connectivity index (χ2v) is 4.51. The number of nitrogens with one attached hydrogen (secondary N) is 1. The monoisotopic (exact) mass is 243 g/mol. The summed E-state index contributed by atoms with van der Waals surface area (Å²) in [6.45, 7) is 3.39. The van der Waals surface area contributed by atoms with Gasteiger partial charge in [-0.25, -0.2) is 4.98 Å². The summed E-state index contributed by atoms with van der Waals surface area (Å²) in [4.78, 5) is 16.8. The molecule has 0 radical (unpaired) electrons. The molecule has 1 rings (SSSR count). The number of carbonyl (C=O) groups is 1. The average molecular weight is 243 g/mol. The predicted molar refractivity (Wildman–Crippen MR) is 63.3 cm³/mol. The van der Waals surface area contributed by atoms with Gasteiger partial charge in [-0.1, -0.05) is 0 Å². The molecule has 5 nitrogen and oxygen atoms in total. The first kappa shape index (κ1) is 13.1. The Labute approximate surface area is 99.0 Å². The highest BCUT2D eigenvalue weighted by Gasteiger charge is 2.10. The van der Waals surface area contributed by atoms with Crippen LogP contribution in [-0.2, 0) is 22.5 Å². The van der Waals surface area contributed by atoms with E-state index in [0.29, 0.717) is 26.1 Å². The van der Waals surface area contributed by atoms with Crippen LogP contribution < -0.4 is 11.1 Å². The van der Waals surface area contributed by atoms with Crippen molar-refractivity contribution >= 4 is 17.2 Å². The molecule has 0 aliphatic heterocycles. The van der Waals surface area contributed by atoms with Crippen LogP contribution in [-0.4, -0.2) is 31.2 Å². The largest absolute Gasteiger partial charge is 0.383 e. The summed E-state index contributed by atoms with van der Waals surface area (Å²) in [5.74, 6) is -0.00706. The maximum absolute atomic E-state index is 11.5. The van der Waals surface area contributed by atoms with Gasteiger partial charge in [0.1, 0.15) is 5.01 Å². The molecule has 0 bridgehead atoms. The van der Waals surface area contributed by atoms with Crippen molar-refractivity contribution in [3.05, 3.63) is 15.6 Å². The Hall–Kier alpha value is -0.980. The third-order valence-corrected chi connectivity index (χ3v) is 3.24. The van der Waals surface area contributed by atoms with Crippen LogP contribution in [0.1, 0.15) is 15.6 Å². The van der Waals surface area contributed by atoms with Crippen molar-refractivity contribution in [3.63, 3.8) is 0 Å². The first-order valence-corrected chi connectivity index (χ1v) is 5.90. The number of thiazole rings is 1. The number of aryl methyl sites for hydroxylation is 1. The standard InChI is InChI=1S/C10H17N3O2S/c1-7-8(16-10(6-11)13-7)5-9(14)12-3-4-15-2/h3-6,11H2,1-2H3,(H,12,14). The summed E-state index contributed by atoms with van der Waals surface area (Å²) in [5, 5.41) is 3.64. The number of hydrogen-bond acceptors (Lipinski definition) is 5. The van der Waals surface area contributed by atoms with Crippen LogP contribution in [0.5, 0.6) is 0 Å². The maximum Gasteiger partial charge on any atom is 0.225 e. The number of methoxy groups -OCH3 is 1. The maximum atomic E-state index is 11.5. The number of nitrogens with zero attached hydrogens (tertiary/aromatic N) is 1. The van der Waals surface area contributed by atoms with Crippen molar-refractivity contribution in [1.29, 1.82) is 0 Å². The Morgan fingerprint density at radius 1 is 1.62 bits per heavy atom. The highest BCUT2D eigenvalue weighted by atomic mass is 32.1. The molecule has 0 fully saturated rings. The summed E-state index contributed by atoms with van der Waals surface area (Å²) in [6.07, 6.45) is 0.368. The summed E-state index contributed by atoms with van der Waals surface area (Å²) >= 11 is 1.50. The normalized spacial score (nSPS) is 10.4. The number of carbonyl (C=O) groups excluding carboxylic acids is 1. The topological polar surface area (TPSA) is 77.2 Å². The van der Waals surface area contributed by atoms with E-state index < -0.39 is 0 Å². The zero-order chi connectivity index (χ0) is 12.0. The van der Waals surface area contributed by atoms with Gasteiger partial charge in [0.05, 0.1) is 18.7 Å². The molecular weight excluding hydrogens is 226 g/mol. The lowest BCUT2D eigenvalue weighted by molar-refractivity contribution is -0.120. The van der Waals surface area contributed by atoms with Gasteiger partial charge in [0, 0.05) is 25.1 Å². The Morgan fingerprint density at radius 3 is 2.94 bits per heavy atom. The Morgan fingerprint density at radius 2 is 2.38 bits per heavy atom. The number of nitrogens with two attached hydrogens (primary N) is 1. The first-order valence-electron chi connectivity index (χ1n) is 5.08. The van der Waals surface area contributed by atoms with E-state index in [0.717, 1.165) is 15.6 Å². The van der Waals surface area contributed by atoms with E-state index in [1.165, 1.54) is 11.3 Å². The first-order chi connectivity index (χ1) is 7.67. The van der Waals surface area contributed by atoms with Gasteiger partial charge in [-0.3, -0.25) is 4.79 Å². The summed E-state index contributed by atoms with van der Waals surface area (Å²) in [6, 6.07) is 0. The molecule has 0 unspecified atom stereocenters. The molecule has 90 valence electrons. The molecule has 0 aliphatic rings. The Balaban J connectivity index is 2.45. The molecule has 0 spiro atoms. The summed E-state index contributed by atoms with van der Waals surface area (Å²) < 4.78 is 4.85. The fourth-order valence-electron chi connectivity index (χ4n) is 1.24. The zero-order valence-corrected chi connectivity index (χ0v) is 10.4. The van der Waals surface area contributed by atoms with Gasteiger partial charge >= 0.3 is 0 Å². The lowest BCUT2D eigenvalue weighted by atomic mass is 10.3. The Bertz CT molecular complexity index is 352. The van der Waals surface area contributed by atoms with Gasteiger partial charge in [-0.2, -0.15) is 0 Å². The van der Waals surface area contributed by atoms with E-state index in [9.17, 15) is 4.79 Å². The smallest absolute Gasteiger partial charge is 0.225 e. The number of amides is 1. The minimum atomic E-state index is -0.00706. The molecule has 6 heteroatoms. The number of hydrogen-bond donors (Lipinski definition) is 2. The van der Waals surface area contributed by atoms with Crippen LogP contribution in [0.15, 0.2) is 0 Å². The Kier molecular flexibility index (Phi) is 5.37. The van der Waals surface area contributed by atoms with Crippen LogP contribution in [0, 0.1) is 6.92 Å². The van der Waals surface area contributed by atoms with Gasteiger partial charge < -0.3 is 15.8 Å². The van der Waals surface area contributed by atoms with E-state index in [1.807, 2.05) is 6.92 Å². The van der Waals surface area contributed by atoms with Crippen molar-refractivity contribution in [1.82, 2.24) is 10.3 Å². The van der Waals surface area contributed by atoms with Gasteiger partial charge in [0.25, 0.3) is 0 Å². The quantitative estimate of drug-likeness (QED) is 0.700. The molecule has 0 saturated carbocycles. The van der Waals surface area contributed by atoms with E-state index >= 15 is 0 Å². The van der Waals surface area contributed by atoms with Gasteiger partial charge in [0.2, 0.25) is 5.91 Å². The molecule has 1 aromatic rings. The minimum absolute atomic E-state index is 0.00706. The highest BCUT2D eigenvalue weighted by molar-refractivity contribution is 7.11. The van der Waals surface area contributed by atoms with Crippen molar-refractivity contribution in [3.8, 4) is 0 Å². The molecule has 1 amide bonds. The van der Waals surface area contributed by atoms with E-state index in [-0.39, 0.29) is 5.91 Å². The van der Waals surface area contributed by atoms with Crippen molar-refractivity contribution in [2.45, 2.75) is 19.9 Å². The zero-order valence-electron chi connectivity index (χ0n) is 9.58. The lowest BCUT2D eigenvalue weighted by Gasteiger charge is -2.03. The second-order valence-electron chi connectivity index (χ2n) is 3.34. The summed E-state index contributed by atoms with van der Waals surface area (Å²) in [5.41, 5.74) is 6.39. The van der Waals surface area contributed by atoms with Gasteiger partial charge in [-0.05, 0) is 6.92 Å². The van der Waals surface area contributed by atoms with Crippen LogP contribution in [0.25, 0.3) is 0 Å². The number of aromatic nitrogens is 1. The molecule has 0 atom stereocenters. The van der Waals surface area contributed by atoms with Crippen LogP contribution in [0.3, 0.4) is 0 Å². The SMILES string of the molecule is COCCNC(=O)Cc1sc(CN)nc1C. The van der Waals surface area contributed by atoms with Gasteiger partial charge in [-0.15, -0.1) is 11.3 Å².